The summed E-state index contributed by atoms with van der Waals surface area (Å²) in [5.41, 5.74) is 4.26. The Labute approximate surface area is 228 Å². The van der Waals surface area contributed by atoms with Crippen LogP contribution in [0.4, 0.5) is 4.79 Å². The highest BCUT2D eigenvalue weighted by molar-refractivity contribution is 6.31. The van der Waals surface area contributed by atoms with E-state index in [-0.39, 0.29) is 24.3 Å². The number of benzene rings is 2. The van der Waals surface area contributed by atoms with Gasteiger partial charge in [-0.2, -0.15) is 0 Å². The Morgan fingerprint density at radius 3 is 2.68 bits per heavy atom. The van der Waals surface area contributed by atoms with Crippen LogP contribution in [0, 0.1) is 0 Å². The molecule has 2 fully saturated rings. The van der Waals surface area contributed by atoms with Gasteiger partial charge in [0.25, 0.3) is 0 Å². The van der Waals surface area contributed by atoms with Crippen molar-refractivity contribution in [1.82, 2.24) is 9.88 Å². The molecule has 38 heavy (non-hydrogen) atoms. The van der Waals surface area contributed by atoms with Gasteiger partial charge in [0.1, 0.15) is 17.9 Å². The number of hydrogen-bond donors (Lipinski definition) is 1. The number of halogens is 1. The van der Waals surface area contributed by atoms with E-state index < -0.39 is 5.79 Å². The fourth-order valence-electron chi connectivity index (χ4n) is 5.98. The molecule has 1 amide bonds. The highest BCUT2D eigenvalue weighted by Crippen LogP contribution is 2.40. The first kappa shape index (κ1) is 25.5. The predicted molar refractivity (Wildman–Crippen MR) is 146 cm³/mol. The van der Waals surface area contributed by atoms with E-state index >= 15 is 0 Å². The number of nitrogens with one attached hydrogen (secondary N) is 1. The molecule has 2 atom stereocenters. The molecule has 202 valence electrons. The lowest BCUT2D eigenvalue weighted by molar-refractivity contribution is -0.139. The van der Waals surface area contributed by atoms with Crippen molar-refractivity contribution in [3.8, 4) is 5.75 Å². The van der Waals surface area contributed by atoms with Crippen molar-refractivity contribution < 1.29 is 23.7 Å². The molecule has 2 aliphatic heterocycles. The lowest BCUT2D eigenvalue weighted by Gasteiger charge is -2.36. The third-order valence-corrected chi connectivity index (χ3v) is 8.10. The lowest BCUT2D eigenvalue weighted by atomic mass is 9.92. The van der Waals surface area contributed by atoms with Gasteiger partial charge in [-0.3, -0.25) is 4.90 Å². The second-order valence-electron chi connectivity index (χ2n) is 11.0. The number of fused-ring (bicyclic) bond motifs is 3. The van der Waals surface area contributed by atoms with E-state index in [0.29, 0.717) is 24.8 Å². The molecule has 1 N–H and O–H groups in total. The summed E-state index contributed by atoms with van der Waals surface area (Å²) in [5, 5.41) is 1.82. The number of amides is 1. The van der Waals surface area contributed by atoms with Crippen molar-refractivity contribution in [2.75, 3.05) is 19.8 Å². The van der Waals surface area contributed by atoms with Crippen molar-refractivity contribution in [1.29, 1.82) is 0 Å². The summed E-state index contributed by atoms with van der Waals surface area (Å²) in [6, 6.07) is 13.7. The number of aromatic amines is 1. The Kier molecular flexibility index (Phi) is 7.01. The molecule has 6 rings (SSSR count). The molecular formula is C30H35ClN2O5. The predicted octanol–water partition coefficient (Wildman–Crippen LogP) is 6.77. The fraction of sp³-hybridized carbons (Fsp3) is 0.500. The van der Waals surface area contributed by atoms with Crippen molar-refractivity contribution in [2.24, 2.45) is 0 Å². The molecule has 3 aromatic rings. The number of aromatic nitrogens is 1. The third kappa shape index (κ3) is 5.24. The lowest BCUT2D eigenvalue weighted by Crippen LogP contribution is -2.42. The molecule has 2 unspecified atom stereocenters. The molecule has 2 aromatic carbocycles. The van der Waals surface area contributed by atoms with Gasteiger partial charge in [0.15, 0.2) is 5.79 Å². The fourth-order valence-corrected chi connectivity index (χ4v) is 6.15. The molecular weight excluding hydrogens is 504 g/mol. The summed E-state index contributed by atoms with van der Waals surface area (Å²) in [7, 11) is 0. The summed E-state index contributed by atoms with van der Waals surface area (Å²) in [4.78, 5) is 18.9. The smallest absolute Gasteiger partial charge is 0.410 e. The van der Waals surface area contributed by atoms with Crippen molar-refractivity contribution in [3.63, 3.8) is 0 Å². The zero-order chi connectivity index (χ0) is 26.3. The standard InChI is InChI=1S/C30H35ClN2O5/c1-30(2)36-18-23(38-30)14-16-35-21-10-7-19(8-11-21)28-27-24(25-17-20(31)9-12-26(25)32-27)13-15-33(28)29(34)37-22-5-3-4-6-22/h7-12,17,22-23,28,32H,3-6,13-16,18H2,1-2H3. The molecule has 3 aliphatic rings. The minimum Gasteiger partial charge on any atom is -0.493 e. The monoisotopic (exact) mass is 538 g/mol. The molecule has 0 bridgehead atoms. The third-order valence-electron chi connectivity index (χ3n) is 7.86. The normalized spacial score (nSPS) is 23.1. The van der Waals surface area contributed by atoms with Crippen LogP contribution in [-0.2, 0) is 20.6 Å². The Morgan fingerprint density at radius 2 is 1.95 bits per heavy atom. The van der Waals surface area contributed by atoms with Gasteiger partial charge < -0.3 is 23.9 Å². The first-order chi connectivity index (χ1) is 18.4. The Hall–Kier alpha value is -2.74. The van der Waals surface area contributed by atoms with E-state index in [1.807, 2.05) is 61.2 Å². The van der Waals surface area contributed by atoms with E-state index in [4.69, 9.17) is 30.5 Å². The van der Waals surface area contributed by atoms with Crippen molar-refractivity contribution in [2.45, 2.75) is 76.4 Å². The molecule has 7 nitrogen and oxygen atoms in total. The average molecular weight is 539 g/mol. The zero-order valence-corrected chi connectivity index (χ0v) is 22.8. The zero-order valence-electron chi connectivity index (χ0n) is 22.0. The highest BCUT2D eigenvalue weighted by Gasteiger charge is 2.37. The van der Waals surface area contributed by atoms with Gasteiger partial charge in [-0.25, -0.2) is 4.79 Å². The van der Waals surface area contributed by atoms with Gasteiger partial charge in [-0.05, 0) is 87.4 Å². The number of hydrogen-bond acceptors (Lipinski definition) is 5. The molecule has 1 aliphatic carbocycles. The van der Waals surface area contributed by atoms with E-state index in [2.05, 4.69) is 4.98 Å². The van der Waals surface area contributed by atoms with E-state index in [9.17, 15) is 4.79 Å². The van der Waals surface area contributed by atoms with Crippen LogP contribution in [0.1, 0.15) is 68.8 Å². The van der Waals surface area contributed by atoms with Crippen molar-refractivity contribution in [3.05, 3.63) is 64.3 Å². The Bertz CT molecular complexity index is 1300. The largest absolute Gasteiger partial charge is 0.493 e. The van der Waals surface area contributed by atoms with E-state index in [1.54, 1.807) is 0 Å². The number of carbonyl (C=O) groups is 1. The maximum absolute atomic E-state index is 13.4. The second-order valence-corrected chi connectivity index (χ2v) is 11.4. The van der Waals surface area contributed by atoms with Crippen LogP contribution >= 0.6 is 11.6 Å². The minimum atomic E-state index is -0.524. The molecule has 1 saturated carbocycles. The number of carbonyl (C=O) groups excluding carboxylic acids is 1. The van der Waals surface area contributed by atoms with Gasteiger partial charge in [0, 0.05) is 34.6 Å². The van der Waals surface area contributed by atoms with Crippen molar-refractivity contribution >= 4 is 28.6 Å². The summed E-state index contributed by atoms with van der Waals surface area (Å²) in [6.45, 7) is 5.57. The maximum atomic E-state index is 13.4. The molecule has 1 aromatic heterocycles. The number of H-pyrrole nitrogens is 1. The molecule has 0 radical (unpaired) electrons. The van der Waals surface area contributed by atoms with E-state index in [0.717, 1.165) is 66.4 Å². The summed E-state index contributed by atoms with van der Waals surface area (Å²) in [5.74, 6) is 0.260. The van der Waals surface area contributed by atoms with Crippen LogP contribution in [0.5, 0.6) is 5.75 Å². The SMILES string of the molecule is CC1(C)OCC(CCOc2ccc(C3c4[nH]c5ccc(Cl)cc5c4CCN3C(=O)OC3CCCC3)cc2)O1. The minimum absolute atomic E-state index is 0.0154. The average Bonchev–Trinajstić information content (AvgIpc) is 3.62. The number of ether oxygens (including phenoxy) is 4. The highest BCUT2D eigenvalue weighted by atomic mass is 35.5. The second kappa shape index (κ2) is 10.4. The van der Waals surface area contributed by atoms with Crippen LogP contribution in [0.2, 0.25) is 5.02 Å². The topological polar surface area (TPSA) is 73.0 Å². The summed E-state index contributed by atoms with van der Waals surface area (Å²) < 4.78 is 23.5. The Morgan fingerprint density at radius 1 is 1.16 bits per heavy atom. The molecule has 0 spiro atoms. The van der Waals surface area contributed by atoms with Gasteiger partial charge in [-0.1, -0.05) is 23.7 Å². The maximum Gasteiger partial charge on any atom is 0.410 e. The quantitative estimate of drug-likeness (QED) is 0.375. The number of rotatable bonds is 6. The van der Waals surface area contributed by atoms with Crippen LogP contribution in [-0.4, -0.2) is 53.7 Å². The van der Waals surface area contributed by atoms with E-state index in [1.165, 1.54) is 5.56 Å². The molecule has 8 heteroatoms. The van der Waals surface area contributed by atoms with Crippen LogP contribution < -0.4 is 4.74 Å². The summed E-state index contributed by atoms with van der Waals surface area (Å²) >= 11 is 6.33. The van der Waals surface area contributed by atoms with Crippen LogP contribution in [0.3, 0.4) is 0 Å². The molecule has 1 saturated heterocycles. The van der Waals surface area contributed by atoms with Gasteiger partial charge in [0.05, 0.1) is 19.3 Å². The van der Waals surface area contributed by atoms with Crippen LogP contribution in [0.25, 0.3) is 10.9 Å². The van der Waals surface area contributed by atoms with Gasteiger partial charge in [0.2, 0.25) is 0 Å². The van der Waals surface area contributed by atoms with Crippen LogP contribution in [0.15, 0.2) is 42.5 Å². The number of nitrogens with zero attached hydrogens (tertiary/aromatic N) is 1. The first-order valence-electron chi connectivity index (χ1n) is 13.7. The Balaban J connectivity index is 1.23. The van der Waals surface area contributed by atoms with Gasteiger partial charge >= 0.3 is 6.09 Å². The van der Waals surface area contributed by atoms with Gasteiger partial charge in [-0.15, -0.1) is 0 Å². The molecule has 3 heterocycles. The summed E-state index contributed by atoms with van der Waals surface area (Å²) in [6.07, 6.45) is 5.45. The first-order valence-corrected chi connectivity index (χ1v) is 14.1.